The van der Waals surface area contributed by atoms with Crippen molar-refractivity contribution in [3.05, 3.63) is 53.8 Å². The van der Waals surface area contributed by atoms with Gasteiger partial charge in [-0.25, -0.2) is 4.79 Å². The molecule has 22 atom stereocenters. The van der Waals surface area contributed by atoms with Crippen LogP contribution in [-0.2, 0) is 89.9 Å². The van der Waals surface area contributed by atoms with Crippen LogP contribution in [-0.4, -0.2) is 308 Å². The highest BCUT2D eigenvalue weighted by Crippen LogP contribution is 2.33. The van der Waals surface area contributed by atoms with Gasteiger partial charge in [0.1, 0.15) is 71.6 Å². The van der Waals surface area contributed by atoms with Crippen molar-refractivity contribution < 1.29 is 166 Å². The molecule has 2 saturated heterocycles. The molecule has 0 spiro atoms. The lowest BCUT2D eigenvalue weighted by Crippen LogP contribution is -2.68. The first-order chi connectivity index (χ1) is 43.5. The van der Waals surface area contributed by atoms with E-state index in [1.165, 1.54) is 18.5 Å². The summed E-state index contributed by atoms with van der Waals surface area (Å²) in [7, 11) is -20.1. The van der Waals surface area contributed by atoms with E-state index in [1.807, 2.05) is 0 Å². The maximum Gasteiger partial charge on any atom is 0.394 e. The number of nitrogens with zero attached hydrogens (tertiary/aromatic N) is 1. The molecular weight excluding hydrogens is 1420 g/mol. The minimum atomic E-state index is -4.67. The van der Waals surface area contributed by atoms with E-state index < -0.39 is 191 Å². The Morgan fingerprint density at radius 2 is 0.792 bits per heavy atom. The number of ether oxygens (including phenoxy) is 8. The first kappa shape index (κ1) is 92.2. The molecule has 5 heterocycles. The van der Waals surface area contributed by atoms with Crippen LogP contribution in [0.5, 0.6) is 0 Å². The van der Waals surface area contributed by atoms with Gasteiger partial charge in [-0.1, -0.05) is 0 Å². The van der Waals surface area contributed by atoms with E-state index in [9.17, 15) is 35.4 Å². The number of hydrogen-bond donors (Lipinski definition) is 27. The van der Waals surface area contributed by atoms with Gasteiger partial charge in [-0.2, -0.15) is 42.1 Å². The maximum atomic E-state index is 11.0. The Balaban J connectivity index is 0.00000127. The number of pyridine rings is 1. The van der Waals surface area contributed by atoms with Gasteiger partial charge in [0.15, 0.2) is 12.6 Å². The van der Waals surface area contributed by atoms with E-state index in [4.69, 9.17) is 176 Å². The van der Waals surface area contributed by atoms with Crippen LogP contribution in [0, 0.1) is 0 Å². The van der Waals surface area contributed by atoms with Crippen molar-refractivity contribution in [3.8, 4) is 0 Å². The number of likely N-dealkylation sites (N-methyl/N-ethyl adjacent to an activating group) is 2. The van der Waals surface area contributed by atoms with Gasteiger partial charge in [0.25, 0.3) is 0 Å². The predicted molar refractivity (Wildman–Crippen MR) is 322 cm³/mol. The van der Waals surface area contributed by atoms with Gasteiger partial charge in [-0.3, -0.25) is 50.5 Å². The molecule has 35 N–H and O–H groups in total. The van der Waals surface area contributed by atoms with Crippen molar-refractivity contribution in [2.24, 2.45) is 45.9 Å². The average molecular weight is 1510 g/mol. The summed E-state index contributed by atoms with van der Waals surface area (Å²) in [5.74, 6) is 0.168. The Morgan fingerprint density at radius 1 is 0.521 bits per heavy atom. The summed E-state index contributed by atoms with van der Waals surface area (Å²) in [5, 5.41) is 78.2. The first-order valence-corrected chi connectivity index (χ1v) is 34.1. The van der Waals surface area contributed by atoms with Gasteiger partial charge < -0.3 is 130 Å². The third kappa shape index (κ3) is 37.6. The zero-order valence-corrected chi connectivity index (χ0v) is 55.2. The molecule has 4 fully saturated rings. The standard InChI is InChI=1S/2C19H37N5O7.C6H5NO2.5H2O4S/c2*1-19(27)7-28-18(13(26)16(19)24-2)31-15-11(23)5-10(22)14(12(15)25)30-17-9(21)4-3-8(6-20)29-17;8-6(9)5-2-1-3-7-4-5;5*1-5(2,3)4/h2*3,9-18,24-27H,4-7,20-23H2,1-2H3;1-4H,(H,8,9);5*(H2,1,2,3,4)/t2*9?,10-,11+,12-,13+,14+,15-,16+,17?,18+,19-;;;;;;/m00....../s1. The smallest absolute Gasteiger partial charge is 0.394 e. The Labute approximate surface area is 550 Å². The van der Waals surface area contributed by atoms with Gasteiger partial charge in [0, 0.05) is 36.6 Å². The Morgan fingerprint density at radius 3 is 1.01 bits per heavy atom. The number of carbonyl (C=O) groups is 1. The molecule has 96 heavy (non-hydrogen) atoms. The van der Waals surface area contributed by atoms with Crippen LogP contribution in [0.4, 0.5) is 0 Å². The molecule has 4 unspecified atom stereocenters. The molecule has 4 aliphatic heterocycles. The zero-order chi connectivity index (χ0) is 75.0. The number of nitrogens with two attached hydrogens (primary N) is 8. The summed E-state index contributed by atoms with van der Waals surface area (Å²) >= 11 is 0. The lowest BCUT2D eigenvalue weighted by molar-refractivity contribution is -0.303. The molecule has 1 aromatic rings. The van der Waals surface area contributed by atoms with E-state index in [2.05, 4.69) is 15.6 Å². The van der Waals surface area contributed by atoms with Crippen LogP contribution in [0.15, 0.2) is 48.2 Å². The number of nitrogens with one attached hydrogen (secondary N) is 2. The van der Waals surface area contributed by atoms with Crippen LogP contribution in [0.3, 0.4) is 0 Å². The van der Waals surface area contributed by atoms with E-state index in [0.29, 0.717) is 37.2 Å². The third-order valence-corrected chi connectivity index (χ3v) is 13.4. The van der Waals surface area contributed by atoms with Crippen molar-refractivity contribution >= 4 is 58.0 Å². The summed E-state index contributed by atoms with van der Waals surface area (Å²) in [6.07, 6.45) is -4.28. The number of carboxylic acids is 1. The van der Waals surface area contributed by atoms with E-state index in [-0.39, 0.29) is 31.9 Å². The fraction of sp³-hybridized carbons (Fsp3) is 0.773. The fourth-order valence-corrected chi connectivity index (χ4v) is 9.36. The molecule has 1 aromatic heterocycles. The lowest BCUT2D eigenvalue weighted by Gasteiger charge is -2.48. The highest BCUT2D eigenvalue weighted by Gasteiger charge is 2.53. The average Bonchev–Trinajstić information content (AvgIpc) is 0.791. The van der Waals surface area contributed by atoms with Crippen LogP contribution >= 0.6 is 0 Å². The van der Waals surface area contributed by atoms with E-state index in [1.54, 1.807) is 46.2 Å². The van der Waals surface area contributed by atoms with E-state index >= 15 is 0 Å². The molecule has 0 aromatic carbocycles. The largest absolute Gasteiger partial charge is 0.478 e. The zero-order valence-electron chi connectivity index (χ0n) is 51.1. The van der Waals surface area contributed by atoms with Crippen molar-refractivity contribution in [1.82, 2.24) is 15.6 Å². The molecule has 0 amide bonds. The SMILES string of the molecule is CN[C@@H]1[C@@H](O)[C@@H](O[C@@H]2[C@@H](O)[C@H](OC3OC(CN)=CCC3N)[C@@H](N)C[C@H]2N)OC[C@]1(C)O.CN[C@@H]1[C@@H](O)[C@@H](O[C@@H]2[C@@H](O)[C@H](OC3OC(CN)=CCC3N)[C@@H](N)C[C@H]2N)OC[C@]1(C)O.O=C(O)c1cccnc1.O=S(=O)(O)O.O=S(=O)(O)O.O=S(=O)(O)O.O=S(=O)(O)O.O=S(=O)(O)O. The molecule has 52 heteroatoms. The summed E-state index contributed by atoms with van der Waals surface area (Å²) in [6, 6.07) is -1.66. The maximum absolute atomic E-state index is 11.0. The monoisotopic (exact) mass is 1510 g/mol. The molecule has 6 aliphatic rings. The highest BCUT2D eigenvalue weighted by atomic mass is 32.3. The van der Waals surface area contributed by atoms with Crippen LogP contribution < -0.4 is 56.5 Å². The second-order valence-corrected chi connectivity index (χ2v) is 25.9. The number of rotatable bonds is 13. The first-order valence-electron chi connectivity index (χ1n) is 27.1. The Bertz CT molecular complexity index is 2820. The molecule has 47 nitrogen and oxygen atoms in total. The van der Waals surface area contributed by atoms with Gasteiger partial charge in [0.2, 0.25) is 12.6 Å². The minimum Gasteiger partial charge on any atom is -0.478 e. The van der Waals surface area contributed by atoms with Crippen molar-refractivity contribution in [2.75, 3.05) is 40.4 Å². The molecular formula is C44H89N11O36S5. The molecule has 2 aliphatic carbocycles. The van der Waals surface area contributed by atoms with Gasteiger partial charge in [0.05, 0.1) is 56.0 Å². The summed E-state index contributed by atoms with van der Waals surface area (Å²) in [4.78, 5) is 13.8. The summed E-state index contributed by atoms with van der Waals surface area (Å²) in [5.41, 5.74) is 45.9. The predicted octanol–water partition coefficient (Wildman–Crippen LogP) is -10.2. The summed E-state index contributed by atoms with van der Waals surface area (Å²) in [6.45, 7) is 3.36. The number of hydrogen-bond acceptors (Lipinski definition) is 36. The van der Waals surface area contributed by atoms with Crippen LogP contribution in [0.1, 0.15) is 49.9 Å². The summed E-state index contributed by atoms with van der Waals surface area (Å²) < 4.78 is 204. The van der Waals surface area contributed by atoms with Gasteiger partial charge >= 0.3 is 58.0 Å². The fourth-order valence-electron chi connectivity index (χ4n) is 9.36. The normalized spacial score (nSPS) is 35.3. The van der Waals surface area contributed by atoms with E-state index in [0.717, 1.165) is 0 Å². The molecule has 0 bridgehead atoms. The topological polar surface area (TPSA) is 851 Å². The lowest BCUT2D eigenvalue weighted by atomic mass is 9.84. The second-order valence-electron chi connectivity index (χ2n) is 21.4. The van der Waals surface area contributed by atoms with Gasteiger partial charge in [-0.05, 0) is 77.9 Å². The molecule has 566 valence electrons. The van der Waals surface area contributed by atoms with Crippen molar-refractivity contribution in [2.45, 2.75) is 173 Å². The molecule has 0 radical (unpaired) electrons. The van der Waals surface area contributed by atoms with Crippen LogP contribution in [0.2, 0.25) is 0 Å². The van der Waals surface area contributed by atoms with Gasteiger partial charge in [-0.15, -0.1) is 0 Å². The number of aliphatic hydroxyl groups excluding tert-OH is 4. The van der Waals surface area contributed by atoms with Crippen molar-refractivity contribution in [3.63, 3.8) is 0 Å². The minimum absolute atomic E-state index is 0.0727. The Kier molecular flexibility index (Phi) is 39.0. The van der Waals surface area contributed by atoms with Crippen molar-refractivity contribution in [1.29, 1.82) is 0 Å². The molecule has 2 saturated carbocycles. The number of carboxylic acid groups (broad SMARTS) is 1. The quantitative estimate of drug-likeness (QED) is 0.0816. The second kappa shape index (κ2) is 40.6. The Hall–Kier alpha value is -3.83. The van der Waals surface area contributed by atoms with Crippen LogP contribution in [0.25, 0.3) is 0 Å². The third-order valence-electron chi connectivity index (χ3n) is 13.4. The highest BCUT2D eigenvalue weighted by molar-refractivity contribution is 7.80. The number of aliphatic hydroxyl groups is 6. The molecule has 7 rings (SSSR count). The number of aromatic carboxylic acids is 1. The number of aromatic nitrogens is 1.